The van der Waals surface area contributed by atoms with Crippen LogP contribution < -0.4 is 10.6 Å². The van der Waals surface area contributed by atoms with Gasteiger partial charge in [-0.1, -0.05) is 36.4 Å². The van der Waals surface area contributed by atoms with Crippen molar-refractivity contribution in [1.29, 1.82) is 0 Å². The molecular formula is C25H27N3O3. The fourth-order valence-corrected chi connectivity index (χ4v) is 5.38. The second-order valence-corrected chi connectivity index (χ2v) is 9.15. The fourth-order valence-electron chi connectivity index (χ4n) is 5.38. The molecule has 2 aliphatic carbocycles. The van der Waals surface area contributed by atoms with E-state index in [2.05, 4.69) is 34.9 Å². The molecule has 2 aromatic carbocycles. The van der Waals surface area contributed by atoms with E-state index in [4.69, 9.17) is 0 Å². The highest BCUT2D eigenvalue weighted by Crippen LogP contribution is 2.52. The van der Waals surface area contributed by atoms with Gasteiger partial charge in [-0.3, -0.25) is 9.59 Å². The van der Waals surface area contributed by atoms with E-state index in [-0.39, 0.29) is 34.5 Å². The lowest BCUT2D eigenvalue weighted by Gasteiger charge is -2.39. The SMILES string of the molecule is CN(C)C(=O)c1cccc(NC2=C3NC4(c5ccccc5)CCC(CC3C2=O)C4)c1O. The predicted molar refractivity (Wildman–Crippen MR) is 118 cm³/mol. The molecule has 1 saturated carbocycles. The molecule has 6 nitrogen and oxygen atoms in total. The van der Waals surface area contributed by atoms with E-state index in [1.807, 2.05) is 6.07 Å². The second-order valence-electron chi connectivity index (χ2n) is 9.15. The molecule has 3 aliphatic rings. The Morgan fingerprint density at radius 3 is 2.68 bits per heavy atom. The van der Waals surface area contributed by atoms with Crippen LogP contribution in [0.25, 0.3) is 0 Å². The highest BCUT2D eigenvalue weighted by atomic mass is 16.3. The third kappa shape index (κ3) is 3.09. The molecule has 0 radical (unpaired) electrons. The lowest BCUT2D eigenvalue weighted by molar-refractivity contribution is -0.121. The van der Waals surface area contributed by atoms with E-state index in [9.17, 15) is 14.7 Å². The van der Waals surface area contributed by atoms with E-state index in [0.717, 1.165) is 31.4 Å². The highest BCUT2D eigenvalue weighted by Gasteiger charge is 2.51. The third-order valence-corrected chi connectivity index (χ3v) is 7.00. The van der Waals surface area contributed by atoms with E-state index >= 15 is 0 Å². The van der Waals surface area contributed by atoms with Crippen LogP contribution in [0.3, 0.4) is 0 Å². The minimum atomic E-state index is -0.287. The van der Waals surface area contributed by atoms with Crippen molar-refractivity contribution in [3.05, 3.63) is 71.1 Å². The minimum absolute atomic E-state index is 0.0713. The van der Waals surface area contributed by atoms with Crippen LogP contribution in [0.4, 0.5) is 5.69 Å². The molecule has 2 fully saturated rings. The van der Waals surface area contributed by atoms with Crippen LogP contribution in [0.15, 0.2) is 59.9 Å². The summed E-state index contributed by atoms with van der Waals surface area (Å²) in [5, 5.41) is 17.6. The molecule has 3 N–H and O–H groups in total. The largest absolute Gasteiger partial charge is 0.505 e. The number of allylic oxidation sites excluding steroid dienone is 2. The Morgan fingerprint density at radius 2 is 1.94 bits per heavy atom. The number of anilines is 1. The molecule has 160 valence electrons. The Kier molecular flexibility index (Phi) is 4.54. The Hall–Kier alpha value is -3.28. The van der Waals surface area contributed by atoms with E-state index in [1.165, 1.54) is 10.5 Å². The first-order chi connectivity index (χ1) is 14.9. The number of carbonyl (C=O) groups excluding carboxylic acids is 2. The number of phenols is 1. The zero-order valence-corrected chi connectivity index (χ0v) is 17.8. The molecule has 1 heterocycles. The number of benzene rings is 2. The number of amides is 1. The summed E-state index contributed by atoms with van der Waals surface area (Å²) in [5.41, 5.74) is 3.10. The number of para-hydroxylation sites is 1. The van der Waals surface area contributed by atoms with Gasteiger partial charge in [0.2, 0.25) is 0 Å². The quantitative estimate of drug-likeness (QED) is 0.662. The van der Waals surface area contributed by atoms with Crippen molar-refractivity contribution in [2.24, 2.45) is 11.8 Å². The zero-order chi connectivity index (χ0) is 21.8. The first kappa shape index (κ1) is 19.7. The van der Waals surface area contributed by atoms with Crippen LogP contribution in [0.2, 0.25) is 0 Å². The molecule has 5 rings (SSSR count). The summed E-state index contributed by atoms with van der Waals surface area (Å²) in [6.45, 7) is 0. The first-order valence-electron chi connectivity index (χ1n) is 10.8. The van der Waals surface area contributed by atoms with Crippen LogP contribution in [-0.4, -0.2) is 35.8 Å². The summed E-state index contributed by atoms with van der Waals surface area (Å²) in [4.78, 5) is 26.8. The Labute approximate surface area is 182 Å². The van der Waals surface area contributed by atoms with Crippen molar-refractivity contribution < 1.29 is 14.7 Å². The van der Waals surface area contributed by atoms with Gasteiger partial charge in [-0.15, -0.1) is 0 Å². The van der Waals surface area contributed by atoms with Crippen molar-refractivity contribution >= 4 is 17.4 Å². The number of nitrogens with one attached hydrogen (secondary N) is 2. The number of rotatable bonds is 4. The number of ketones is 1. The molecule has 2 aromatic rings. The molecule has 31 heavy (non-hydrogen) atoms. The number of hydrogen-bond donors (Lipinski definition) is 3. The van der Waals surface area contributed by atoms with Gasteiger partial charge in [-0.2, -0.15) is 0 Å². The predicted octanol–water partition coefficient (Wildman–Crippen LogP) is 3.61. The van der Waals surface area contributed by atoms with Gasteiger partial charge in [0.1, 0.15) is 5.70 Å². The van der Waals surface area contributed by atoms with Crippen LogP contribution >= 0.6 is 0 Å². The number of Topliss-reactive ketones (excluding diaryl/α,β-unsaturated/α-hetero) is 1. The summed E-state index contributed by atoms with van der Waals surface area (Å²) in [6, 6.07) is 15.4. The van der Waals surface area contributed by atoms with Crippen LogP contribution in [0.5, 0.6) is 5.75 Å². The molecule has 3 atom stereocenters. The number of hydrogen-bond acceptors (Lipinski definition) is 5. The fraction of sp³-hybridized carbons (Fsp3) is 0.360. The maximum Gasteiger partial charge on any atom is 0.257 e. The van der Waals surface area contributed by atoms with Gasteiger partial charge in [0, 0.05) is 14.1 Å². The molecule has 1 amide bonds. The van der Waals surface area contributed by atoms with Crippen LogP contribution in [0.1, 0.15) is 41.6 Å². The maximum atomic E-state index is 13.0. The van der Waals surface area contributed by atoms with Gasteiger partial charge in [0.15, 0.2) is 11.5 Å². The monoisotopic (exact) mass is 417 g/mol. The van der Waals surface area contributed by atoms with Crippen molar-refractivity contribution in [1.82, 2.24) is 10.2 Å². The van der Waals surface area contributed by atoms with E-state index < -0.39 is 0 Å². The van der Waals surface area contributed by atoms with Crippen LogP contribution in [-0.2, 0) is 10.3 Å². The van der Waals surface area contributed by atoms with Gasteiger partial charge in [-0.05, 0) is 49.3 Å². The molecule has 3 unspecified atom stereocenters. The Bertz CT molecular complexity index is 1090. The summed E-state index contributed by atoms with van der Waals surface area (Å²) in [6.07, 6.45) is 4.05. The lowest BCUT2D eigenvalue weighted by Crippen LogP contribution is -2.48. The number of aromatic hydroxyl groups is 1. The minimum Gasteiger partial charge on any atom is -0.505 e. The maximum absolute atomic E-state index is 13.0. The average molecular weight is 418 g/mol. The molecule has 6 heteroatoms. The van der Waals surface area contributed by atoms with Crippen molar-refractivity contribution in [2.75, 3.05) is 19.4 Å². The molecular weight excluding hydrogens is 390 g/mol. The third-order valence-electron chi connectivity index (χ3n) is 7.00. The van der Waals surface area contributed by atoms with Gasteiger partial charge in [0.05, 0.1) is 28.4 Å². The van der Waals surface area contributed by atoms with Crippen molar-refractivity contribution in [3.8, 4) is 5.75 Å². The summed E-state index contributed by atoms with van der Waals surface area (Å²) in [7, 11) is 3.28. The number of phenolic OH excluding ortho intramolecular Hbond substituents is 1. The highest BCUT2D eigenvalue weighted by molar-refractivity contribution is 6.09. The van der Waals surface area contributed by atoms with Gasteiger partial charge < -0.3 is 20.6 Å². The van der Waals surface area contributed by atoms with Gasteiger partial charge in [-0.25, -0.2) is 0 Å². The molecule has 1 aliphatic heterocycles. The van der Waals surface area contributed by atoms with Crippen molar-refractivity contribution in [2.45, 2.75) is 31.2 Å². The standard InChI is InChI=1S/C25H27N3O3/c1-28(2)24(31)17-9-6-10-19(22(17)29)26-21-20-18(23(21)30)13-15-11-12-25(14-15,27-20)16-7-4-3-5-8-16/h3-10,15,18,26-27,29H,11-14H2,1-2H3. The smallest absolute Gasteiger partial charge is 0.257 e. The normalized spacial score (nSPS) is 26.5. The molecule has 2 bridgehead atoms. The summed E-state index contributed by atoms with van der Waals surface area (Å²) in [5.74, 6) is 0.0484. The number of fused-ring (bicyclic) bond motifs is 3. The number of carbonyl (C=O) groups is 2. The zero-order valence-electron chi connectivity index (χ0n) is 17.8. The van der Waals surface area contributed by atoms with E-state index in [0.29, 0.717) is 17.3 Å². The summed E-state index contributed by atoms with van der Waals surface area (Å²) < 4.78 is 0. The Balaban J connectivity index is 1.50. The molecule has 0 spiro atoms. The molecule has 1 saturated heterocycles. The van der Waals surface area contributed by atoms with E-state index in [1.54, 1.807) is 32.3 Å². The first-order valence-corrected chi connectivity index (χ1v) is 10.8. The Morgan fingerprint density at radius 1 is 1.16 bits per heavy atom. The molecule has 0 aromatic heterocycles. The summed E-state index contributed by atoms with van der Waals surface area (Å²) >= 11 is 0. The second kappa shape index (κ2) is 7.15. The van der Waals surface area contributed by atoms with Crippen molar-refractivity contribution in [3.63, 3.8) is 0 Å². The van der Waals surface area contributed by atoms with Gasteiger partial charge in [0.25, 0.3) is 5.91 Å². The number of nitrogens with zero attached hydrogens (tertiary/aromatic N) is 1. The van der Waals surface area contributed by atoms with Gasteiger partial charge >= 0.3 is 0 Å². The topological polar surface area (TPSA) is 81.7 Å². The average Bonchev–Trinajstić information content (AvgIpc) is 3.12. The lowest BCUT2D eigenvalue weighted by atomic mass is 9.78. The van der Waals surface area contributed by atoms with Crippen LogP contribution in [0, 0.1) is 11.8 Å².